The predicted octanol–water partition coefficient (Wildman–Crippen LogP) is 1.72. The van der Waals surface area contributed by atoms with E-state index in [0.717, 1.165) is 17.8 Å². The molecule has 1 heterocycles. The van der Waals surface area contributed by atoms with Crippen molar-refractivity contribution in [1.29, 1.82) is 0 Å². The molecule has 2 aromatic rings. The maximum Gasteiger partial charge on any atom is 0.354 e. The van der Waals surface area contributed by atoms with E-state index < -0.39 is 17.8 Å². The monoisotopic (exact) mass is 388 g/mol. The third-order valence-electron chi connectivity index (χ3n) is 4.17. The zero-order valence-corrected chi connectivity index (χ0v) is 15.9. The van der Waals surface area contributed by atoms with Crippen LogP contribution in [0.15, 0.2) is 36.5 Å². The number of nitrogens with one attached hydrogen (secondary N) is 1. The van der Waals surface area contributed by atoms with Crippen molar-refractivity contribution in [3.05, 3.63) is 47.8 Å². The predicted molar refractivity (Wildman–Crippen MR) is 102 cm³/mol. The van der Waals surface area contributed by atoms with Gasteiger partial charge in [0.1, 0.15) is 18.8 Å². The lowest BCUT2D eigenvalue weighted by atomic mass is 10.2. The molecular weight excluding hydrogens is 364 g/mol. The Balaban J connectivity index is 1.86. The van der Waals surface area contributed by atoms with Crippen molar-refractivity contribution in [3.8, 4) is 0 Å². The number of carbonyl (C=O) groups is 3. The lowest BCUT2D eigenvalue weighted by Crippen LogP contribution is -2.27. The van der Waals surface area contributed by atoms with Gasteiger partial charge in [0, 0.05) is 18.4 Å². The molecule has 0 radical (unpaired) electrons. The summed E-state index contributed by atoms with van der Waals surface area (Å²) in [7, 11) is 0. The Morgan fingerprint density at radius 3 is 2.43 bits per heavy atom. The SMILES string of the molecule is CCN(CC)CCOC(=O)c1ccc(NC(=O)Cn2nccc2C(=O)O)cc1. The van der Waals surface area contributed by atoms with Gasteiger partial charge in [0.15, 0.2) is 0 Å². The summed E-state index contributed by atoms with van der Waals surface area (Å²) >= 11 is 0. The van der Waals surface area contributed by atoms with Gasteiger partial charge in [0.25, 0.3) is 0 Å². The highest BCUT2D eigenvalue weighted by Crippen LogP contribution is 2.11. The normalized spacial score (nSPS) is 10.7. The maximum absolute atomic E-state index is 12.1. The van der Waals surface area contributed by atoms with E-state index in [2.05, 4.69) is 15.3 Å². The summed E-state index contributed by atoms with van der Waals surface area (Å²) < 4.78 is 6.35. The molecule has 2 rings (SSSR count). The number of aromatic nitrogens is 2. The number of hydrogen-bond donors (Lipinski definition) is 2. The largest absolute Gasteiger partial charge is 0.477 e. The zero-order valence-electron chi connectivity index (χ0n) is 15.9. The molecule has 1 aromatic heterocycles. The zero-order chi connectivity index (χ0) is 20.5. The maximum atomic E-state index is 12.1. The van der Waals surface area contributed by atoms with Crippen molar-refractivity contribution in [2.45, 2.75) is 20.4 Å². The third kappa shape index (κ3) is 5.92. The molecule has 2 N–H and O–H groups in total. The first-order valence-corrected chi connectivity index (χ1v) is 8.99. The van der Waals surface area contributed by atoms with E-state index in [4.69, 9.17) is 9.84 Å². The van der Waals surface area contributed by atoms with Gasteiger partial charge in [-0.05, 0) is 43.4 Å². The lowest BCUT2D eigenvalue weighted by Gasteiger charge is -2.17. The number of nitrogens with zero attached hydrogens (tertiary/aromatic N) is 3. The Bertz CT molecular complexity index is 812. The molecule has 1 aromatic carbocycles. The Hall–Kier alpha value is -3.20. The van der Waals surface area contributed by atoms with E-state index in [1.54, 1.807) is 24.3 Å². The second-order valence-electron chi connectivity index (χ2n) is 5.97. The molecule has 0 saturated carbocycles. The summed E-state index contributed by atoms with van der Waals surface area (Å²) in [5, 5.41) is 15.5. The van der Waals surface area contributed by atoms with Crippen molar-refractivity contribution in [2.75, 3.05) is 31.6 Å². The number of carboxylic acids is 1. The van der Waals surface area contributed by atoms with E-state index in [0.29, 0.717) is 24.4 Å². The minimum Gasteiger partial charge on any atom is -0.477 e. The fraction of sp³-hybridized carbons (Fsp3) is 0.368. The fourth-order valence-corrected chi connectivity index (χ4v) is 2.56. The van der Waals surface area contributed by atoms with E-state index in [9.17, 15) is 14.4 Å². The molecule has 0 fully saturated rings. The summed E-state index contributed by atoms with van der Waals surface area (Å²) in [4.78, 5) is 37.3. The highest BCUT2D eigenvalue weighted by atomic mass is 16.5. The molecule has 0 aliphatic heterocycles. The number of esters is 1. The Morgan fingerprint density at radius 1 is 1.14 bits per heavy atom. The standard InChI is InChI=1S/C19H24N4O5/c1-3-22(4-2)11-12-28-19(27)14-5-7-15(8-6-14)21-17(24)13-23-16(18(25)26)9-10-20-23/h5-10H,3-4,11-13H2,1-2H3,(H,21,24)(H,25,26). The number of benzene rings is 1. The van der Waals surface area contributed by atoms with Crippen LogP contribution in [0.25, 0.3) is 0 Å². The number of ether oxygens (including phenoxy) is 1. The van der Waals surface area contributed by atoms with Crippen LogP contribution in [-0.2, 0) is 16.1 Å². The molecule has 0 bridgehead atoms. The van der Waals surface area contributed by atoms with E-state index in [1.165, 1.54) is 12.3 Å². The highest BCUT2D eigenvalue weighted by molar-refractivity contribution is 5.93. The quantitative estimate of drug-likeness (QED) is 0.596. The van der Waals surface area contributed by atoms with Crippen molar-refractivity contribution in [1.82, 2.24) is 14.7 Å². The van der Waals surface area contributed by atoms with Crippen LogP contribution >= 0.6 is 0 Å². The number of carbonyl (C=O) groups excluding carboxylic acids is 2. The lowest BCUT2D eigenvalue weighted by molar-refractivity contribution is -0.116. The number of hydrogen-bond acceptors (Lipinski definition) is 6. The van der Waals surface area contributed by atoms with Crippen molar-refractivity contribution >= 4 is 23.5 Å². The Labute approximate surface area is 162 Å². The van der Waals surface area contributed by atoms with Gasteiger partial charge in [-0.1, -0.05) is 13.8 Å². The molecule has 9 nitrogen and oxygen atoms in total. The van der Waals surface area contributed by atoms with Crippen LogP contribution in [0.2, 0.25) is 0 Å². The average Bonchev–Trinajstić information content (AvgIpc) is 3.14. The number of carboxylic acid groups (broad SMARTS) is 1. The molecule has 28 heavy (non-hydrogen) atoms. The van der Waals surface area contributed by atoms with E-state index in [1.807, 2.05) is 13.8 Å². The number of anilines is 1. The van der Waals surface area contributed by atoms with Gasteiger partial charge < -0.3 is 20.1 Å². The molecule has 9 heteroatoms. The van der Waals surface area contributed by atoms with E-state index >= 15 is 0 Å². The Kier molecular flexibility index (Phi) is 7.70. The first kappa shape index (κ1) is 21.1. The van der Waals surface area contributed by atoms with Crippen molar-refractivity contribution < 1.29 is 24.2 Å². The summed E-state index contributed by atoms with van der Waals surface area (Å²) in [6.45, 7) is 6.65. The van der Waals surface area contributed by atoms with Gasteiger partial charge >= 0.3 is 11.9 Å². The second-order valence-corrected chi connectivity index (χ2v) is 5.97. The summed E-state index contributed by atoms with van der Waals surface area (Å²) in [5.41, 5.74) is 0.796. The number of likely N-dealkylation sites (N-methyl/N-ethyl adjacent to an activating group) is 1. The van der Waals surface area contributed by atoms with Crippen molar-refractivity contribution in [3.63, 3.8) is 0 Å². The number of amides is 1. The van der Waals surface area contributed by atoms with Crippen LogP contribution in [0.1, 0.15) is 34.7 Å². The van der Waals surface area contributed by atoms with Crippen LogP contribution in [-0.4, -0.2) is 63.9 Å². The minimum atomic E-state index is -1.16. The van der Waals surface area contributed by atoms with Gasteiger partial charge in [0.05, 0.1) is 5.56 Å². The van der Waals surface area contributed by atoms with Crippen LogP contribution in [0.3, 0.4) is 0 Å². The molecule has 0 spiro atoms. The van der Waals surface area contributed by atoms with E-state index in [-0.39, 0.29) is 12.2 Å². The van der Waals surface area contributed by atoms with Crippen LogP contribution < -0.4 is 5.32 Å². The molecule has 1 amide bonds. The summed E-state index contributed by atoms with van der Waals surface area (Å²) in [5.74, 6) is -2.01. The Morgan fingerprint density at radius 2 is 1.82 bits per heavy atom. The highest BCUT2D eigenvalue weighted by Gasteiger charge is 2.14. The van der Waals surface area contributed by atoms with Gasteiger partial charge in [-0.3, -0.25) is 4.79 Å². The fourth-order valence-electron chi connectivity index (χ4n) is 2.56. The summed E-state index contributed by atoms with van der Waals surface area (Å²) in [6.07, 6.45) is 1.32. The first-order valence-electron chi connectivity index (χ1n) is 8.99. The molecule has 0 aliphatic carbocycles. The number of rotatable bonds is 10. The van der Waals surface area contributed by atoms with Crippen LogP contribution in [0.4, 0.5) is 5.69 Å². The van der Waals surface area contributed by atoms with Crippen molar-refractivity contribution in [2.24, 2.45) is 0 Å². The molecule has 0 aliphatic rings. The molecule has 0 atom stereocenters. The first-order chi connectivity index (χ1) is 13.4. The molecule has 0 saturated heterocycles. The molecule has 0 unspecified atom stereocenters. The van der Waals surface area contributed by atoms with Crippen LogP contribution in [0.5, 0.6) is 0 Å². The van der Waals surface area contributed by atoms with Crippen LogP contribution in [0, 0.1) is 0 Å². The average molecular weight is 388 g/mol. The summed E-state index contributed by atoms with van der Waals surface area (Å²) in [6, 6.07) is 7.61. The van der Waals surface area contributed by atoms with Gasteiger partial charge in [-0.25, -0.2) is 14.3 Å². The molecule has 150 valence electrons. The van der Waals surface area contributed by atoms with Gasteiger partial charge in [-0.2, -0.15) is 5.10 Å². The molecular formula is C19H24N4O5. The van der Waals surface area contributed by atoms with Gasteiger partial charge in [0.2, 0.25) is 5.91 Å². The second kappa shape index (κ2) is 10.2. The minimum absolute atomic E-state index is 0.0713. The third-order valence-corrected chi connectivity index (χ3v) is 4.17. The topological polar surface area (TPSA) is 114 Å². The van der Waals surface area contributed by atoms with Gasteiger partial charge in [-0.15, -0.1) is 0 Å². The number of aromatic carboxylic acids is 1. The smallest absolute Gasteiger partial charge is 0.354 e.